The summed E-state index contributed by atoms with van der Waals surface area (Å²) in [7, 11) is 0. The molecule has 1 fully saturated rings. The Labute approximate surface area is 186 Å². The topological polar surface area (TPSA) is 67.6 Å². The van der Waals surface area contributed by atoms with E-state index in [2.05, 4.69) is 6.58 Å². The third-order valence-corrected chi connectivity index (χ3v) is 6.00. The van der Waals surface area contributed by atoms with Crippen LogP contribution in [0.25, 0.3) is 11.0 Å². The Bertz CT molecular complexity index is 1110. The third-order valence-electron chi connectivity index (χ3n) is 5.58. The average Bonchev–Trinajstić information content (AvgIpc) is 3.30. The summed E-state index contributed by atoms with van der Waals surface area (Å²) in [5, 5.41) is 11.4. The molecule has 0 unspecified atom stereocenters. The van der Waals surface area contributed by atoms with Crippen molar-refractivity contribution < 1.29 is 14.6 Å². The zero-order valence-electron chi connectivity index (χ0n) is 17.5. The second-order valence-electron chi connectivity index (χ2n) is 7.93. The standard InChI is InChI=1S/C24H26ClN3O3/c1-3-10-27-13-17(12-23(27)30)24-26-21-6-4-5-7-22(21)28(24)14-18(29)15-31-19-8-9-20(25)16(2)11-19/h3-9,11,17-18,29H,1,10,12-15H2,2H3/t17-,18+/m1/s1. The molecule has 6 nitrogen and oxygen atoms in total. The highest BCUT2D eigenvalue weighted by Gasteiger charge is 2.33. The van der Waals surface area contributed by atoms with Gasteiger partial charge < -0.3 is 19.3 Å². The lowest BCUT2D eigenvalue weighted by Gasteiger charge is -2.18. The Hall–Kier alpha value is -2.83. The van der Waals surface area contributed by atoms with Crippen LogP contribution >= 0.6 is 11.6 Å². The summed E-state index contributed by atoms with van der Waals surface area (Å²) >= 11 is 6.07. The SMILES string of the molecule is C=CCN1C[C@H](c2nc3ccccc3n2C[C@H](O)COc2ccc(Cl)c(C)c2)CC1=O. The van der Waals surface area contributed by atoms with Crippen LogP contribution in [0.15, 0.2) is 55.1 Å². The van der Waals surface area contributed by atoms with Crippen molar-refractivity contribution in [2.75, 3.05) is 19.7 Å². The Kier molecular flexibility index (Phi) is 6.30. The molecule has 0 spiro atoms. The lowest BCUT2D eigenvalue weighted by Crippen LogP contribution is -2.26. The van der Waals surface area contributed by atoms with Crippen LogP contribution in [-0.4, -0.2) is 51.3 Å². The van der Waals surface area contributed by atoms with Crippen molar-refractivity contribution >= 4 is 28.5 Å². The minimum absolute atomic E-state index is 0.0214. The number of rotatable bonds is 8. The van der Waals surface area contributed by atoms with Gasteiger partial charge in [0.1, 0.15) is 24.3 Å². The number of carbonyl (C=O) groups excluding carboxylic acids is 1. The van der Waals surface area contributed by atoms with Gasteiger partial charge in [-0.25, -0.2) is 4.98 Å². The molecule has 31 heavy (non-hydrogen) atoms. The van der Waals surface area contributed by atoms with Gasteiger partial charge in [0.05, 0.1) is 17.6 Å². The van der Waals surface area contributed by atoms with Crippen LogP contribution in [0.1, 0.15) is 23.7 Å². The van der Waals surface area contributed by atoms with Gasteiger partial charge in [-0.2, -0.15) is 0 Å². The van der Waals surface area contributed by atoms with E-state index in [-0.39, 0.29) is 18.4 Å². The molecule has 2 aromatic carbocycles. The quantitative estimate of drug-likeness (QED) is 0.540. The third kappa shape index (κ3) is 4.60. The molecule has 4 rings (SSSR count). The zero-order valence-corrected chi connectivity index (χ0v) is 18.3. The fourth-order valence-electron chi connectivity index (χ4n) is 4.04. The van der Waals surface area contributed by atoms with Crippen molar-refractivity contribution in [1.29, 1.82) is 0 Å². The van der Waals surface area contributed by atoms with Crippen molar-refractivity contribution in [1.82, 2.24) is 14.5 Å². The first-order chi connectivity index (χ1) is 15.0. The number of likely N-dealkylation sites (tertiary alicyclic amines) is 1. The average molecular weight is 440 g/mol. The van der Waals surface area contributed by atoms with E-state index < -0.39 is 6.10 Å². The first kappa shape index (κ1) is 21.4. The second-order valence-corrected chi connectivity index (χ2v) is 8.34. The number of hydrogen-bond acceptors (Lipinski definition) is 4. The predicted octanol–water partition coefficient (Wildman–Crippen LogP) is 3.94. The number of amides is 1. The van der Waals surface area contributed by atoms with E-state index in [0.29, 0.717) is 36.8 Å². The number of aryl methyl sites for hydroxylation is 1. The number of imidazole rings is 1. The van der Waals surface area contributed by atoms with Crippen molar-refractivity contribution in [3.05, 3.63) is 71.5 Å². The number of ether oxygens (including phenoxy) is 1. The van der Waals surface area contributed by atoms with E-state index in [1.165, 1.54) is 0 Å². The minimum Gasteiger partial charge on any atom is -0.491 e. The van der Waals surface area contributed by atoms with Crippen molar-refractivity contribution in [3.63, 3.8) is 0 Å². The molecule has 1 N–H and O–H groups in total. The monoisotopic (exact) mass is 439 g/mol. The first-order valence-corrected chi connectivity index (χ1v) is 10.7. The predicted molar refractivity (Wildman–Crippen MR) is 122 cm³/mol. The molecule has 0 radical (unpaired) electrons. The molecule has 0 saturated carbocycles. The number of nitrogens with zero attached hydrogens (tertiary/aromatic N) is 3. The number of aliphatic hydroxyl groups is 1. The molecular formula is C24H26ClN3O3. The Balaban J connectivity index is 1.53. The van der Waals surface area contributed by atoms with Gasteiger partial charge in [-0.3, -0.25) is 4.79 Å². The molecular weight excluding hydrogens is 414 g/mol. The summed E-state index contributed by atoms with van der Waals surface area (Å²) in [6, 6.07) is 13.3. The number of fused-ring (bicyclic) bond motifs is 1. The smallest absolute Gasteiger partial charge is 0.223 e. The fourth-order valence-corrected chi connectivity index (χ4v) is 4.16. The summed E-state index contributed by atoms with van der Waals surface area (Å²) in [6.07, 6.45) is 1.41. The summed E-state index contributed by atoms with van der Waals surface area (Å²) < 4.78 is 7.80. The summed E-state index contributed by atoms with van der Waals surface area (Å²) in [4.78, 5) is 19.0. The fraction of sp³-hybridized carbons (Fsp3) is 0.333. The molecule has 1 amide bonds. The Morgan fingerprint density at radius 3 is 2.94 bits per heavy atom. The van der Waals surface area contributed by atoms with Gasteiger partial charge in [0.15, 0.2) is 0 Å². The highest BCUT2D eigenvalue weighted by atomic mass is 35.5. The van der Waals surface area contributed by atoms with Crippen LogP contribution in [0, 0.1) is 6.92 Å². The summed E-state index contributed by atoms with van der Waals surface area (Å²) in [5.41, 5.74) is 2.72. The molecule has 1 aliphatic rings. The Morgan fingerprint density at radius 1 is 1.35 bits per heavy atom. The van der Waals surface area contributed by atoms with E-state index in [9.17, 15) is 9.90 Å². The zero-order chi connectivity index (χ0) is 22.0. The van der Waals surface area contributed by atoms with Crippen molar-refractivity contribution in [3.8, 4) is 5.75 Å². The molecule has 3 aromatic rings. The number of hydrogen-bond donors (Lipinski definition) is 1. The van der Waals surface area contributed by atoms with E-state index in [1.807, 2.05) is 41.8 Å². The van der Waals surface area contributed by atoms with E-state index in [0.717, 1.165) is 22.4 Å². The van der Waals surface area contributed by atoms with Gasteiger partial charge in [0, 0.05) is 30.5 Å². The largest absolute Gasteiger partial charge is 0.491 e. The van der Waals surface area contributed by atoms with Crippen molar-refractivity contribution in [2.45, 2.75) is 31.9 Å². The van der Waals surface area contributed by atoms with Gasteiger partial charge in [0.25, 0.3) is 0 Å². The van der Waals surface area contributed by atoms with Crippen LogP contribution in [0.3, 0.4) is 0 Å². The molecule has 1 saturated heterocycles. The lowest BCUT2D eigenvalue weighted by molar-refractivity contribution is -0.127. The first-order valence-electron chi connectivity index (χ1n) is 10.4. The molecule has 2 heterocycles. The van der Waals surface area contributed by atoms with Crippen LogP contribution < -0.4 is 4.74 Å². The number of benzene rings is 2. The number of halogens is 1. The molecule has 0 aliphatic carbocycles. The lowest BCUT2D eigenvalue weighted by atomic mass is 10.1. The van der Waals surface area contributed by atoms with Gasteiger partial charge in [0.2, 0.25) is 5.91 Å². The van der Waals surface area contributed by atoms with Crippen LogP contribution in [0.4, 0.5) is 0 Å². The number of aromatic nitrogens is 2. The molecule has 1 aliphatic heterocycles. The van der Waals surface area contributed by atoms with Crippen molar-refractivity contribution in [2.24, 2.45) is 0 Å². The highest BCUT2D eigenvalue weighted by Crippen LogP contribution is 2.30. The van der Waals surface area contributed by atoms with Gasteiger partial charge >= 0.3 is 0 Å². The number of aliphatic hydroxyl groups excluding tert-OH is 1. The summed E-state index contributed by atoms with van der Waals surface area (Å²) in [5.74, 6) is 1.57. The van der Waals surface area contributed by atoms with Gasteiger partial charge in [-0.1, -0.05) is 29.8 Å². The molecule has 7 heteroatoms. The molecule has 0 bridgehead atoms. The number of carbonyl (C=O) groups is 1. The van der Waals surface area contributed by atoms with Crippen LogP contribution in [0.2, 0.25) is 5.02 Å². The molecule has 162 valence electrons. The Morgan fingerprint density at radius 2 is 2.16 bits per heavy atom. The maximum absolute atomic E-state index is 12.4. The van der Waals surface area contributed by atoms with Gasteiger partial charge in [-0.15, -0.1) is 6.58 Å². The minimum atomic E-state index is -0.742. The number of para-hydroxylation sites is 2. The normalized spacial score (nSPS) is 17.3. The molecule has 2 atom stereocenters. The highest BCUT2D eigenvalue weighted by molar-refractivity contribution is 6.31. The second kappa shape index (κ2) is 9.12. The maximum atomic E-state index is 12.4. The van der Waals surface area contributed by atoms with Crippen LogP contribution in [-0.2, 0) is 11.3 Å². The maximum Gasteiger partial charge on any atom is 0.223 e. The van der Waals surface area contributed by atoms with Gasteiger partial charge in [-0.05, 0) is 42.8 Å². The van der Waals surface area contributed by atoms with Crippen LogP contribution in [0.5, 0.6) is 5.75 Å². The van der Waals surface area contributed by atoms with E-state index in [4.69, 9.17) is 21.3 Å². The summed E-state index contributed by atoms with van der Waals surface area (Å²) in [6.45, 7) is 7.25. The van der Waals surface area contributed by atoms with E-state index >= 15 is 0 Å². The molecule has 1 aromatic heterocycles. The van der Waals surface area contributed by atoms with E-state index in [1.54, 1.807) is 23.1 Å².